The topological polar surface area (TPSA) is 34.1 Å². The lowest BCUT2D eigenvalue weighted by molar-refractivity contribution is 0.238. The Balaban J connectivity index is 1.84. The Morgan fingerprint density at radius 1 is 1.44 bits per heavy atom. The quantitative estimate of drug-likeness (QED) is 0.921. The van der Waals surface area contributed by atoms with Crippen molar-refractivity contribution in [3.8, 4) is 5.75 Å². The third kappa shape index (κ3) is 2.02. The molecule has 0 saturated heterocycles. The lowest BCUT2D eigenvalue weighted by atomic mass is 10.1. The highest BCUT2D eigenvalue weighted by Gasteiger charge is 2.27. The van der Waals surface area contributed by atoms with E-state index in [2.05, 4.69) is 29.4 Å². The van der Waals surface area contributed by atoms with Gasteiger partial charge in [-0.05, 0) is 25.6 Å². The Hall–Kier alpha value is -1.39. The zero-order chi connectivity index (χ0) is 12.5. The van der Waals surface area contributed by atoms with Crippen LogP contribution in [-0.2, 0) is 13.0 Å². The first-order valence-electron chi connectivity index (χ1n) is 6.13. The fraction of sp³-hybridized carbons (Fsp3) is 0.357. The number of hydrogen-bond acceptors (Lipinski definition) is 4. The summed E-state index contributed by atoms with van der Waals surface area (Å²) in [6.07, 6.45) is 1.03. The molecule has 0 amide bonds. The Kier molecular flexibility index (Phi) is 3.06. The van der Waals surface area contributed by atoms with E-state index in [1.807, 2.05) is 19.2 Å². The van der Waals surface area contributed by atoms with Gasteiger partial charge in [0.1, 0.15) is 10.8 Å². The van der Waals surface area contributed by atoms with Crippen LogP contribution in [0.15, 0.2) is 24.3 Å². The zero-order valence-electron chi connectivity index (χ0n) is 10.6. The number of para-hydroxylation sites is 1. The van der Waals surface area contributed by atoms with Crippen LogP contribution in [0.25, 0.3) is 0 Å². The Morgan fingerprint density at radius 2 is 2.28 bits per heavy atom. The molecule has 1 atom stereocenters. The second kappa shape index (κ2) is 4.71. The molecule has 1 aromatic heterocycles. The van der Waals surface area contributed by atoms with Gasteiger partial charge in [-0.25, -0.2) is 4.98 Å². The van der Waals surface area contributed by atoms with Gasteiger partial charge >= 0.3 is 0 Å². The highest BCUT2D eigenvalue weighted by atomic mass is 32.1. The van der Waals surface area contributed by atoms with Crippen LogP contribution in [0.4, 0.5) is 0 Å². The molecule has 3 rings (SSSR count). The molecule has 1 unspecified atom stereocenters. The Labute approximate surface area is 111 Å². The van der Waals surface area contributed by atoms with E-state index >= 15 is 0 Å². The molecule has 2 aromatic rings. The van der Waals surface area contributed by atoms with Crippen LogP contribution in [0.5, 0.6) is 5.75 Å². The molecule has 94 valence electrons. The standard InChI is InChI=1S/C14H16N2OS/c1-9-13(8-15-2)18-14(16-9)12-7-10-5-3-4-6-11(10)17-12/h3-6,12,15H,7-8H2,1-2H3. The minimum atomic E-state index is 0.0942. The van der Waals surface area contributed by atoms with E-state index in [-0.39, 0.29) is 6.10 Å². The van der Waals surface area contributed by atoms with E-state index in [4.69, 9.17) is 4.74 Å². The highest BCUT2D eigenvalue weighted by Crippen LogP contribution is 2.38. The number of aromatic nitrogens is 1. The zero-order valence-corrected chi connectivity index (χ0v) is 11.4. The molecule has 1 N–H and O–H groups in total. The van der Waals surface area contributed by atoms with Crippen molar-refractivity contribution < 1.29 is 4.74 Å². The van der Waals surface area contributed by atoms with Gasteiger partial charge in [0, 0.05) is 17.8 Å². The smallest absolute Gasteiger partial charge is 0.154 e. The number of hydrogen-bond donors (Lipinski definition) is 1. The monoisotopic (exact) mass is 260 g/mol. The lowest BCUT2D eigenvalue weighted by Crippen LogP contribution is -2.04. The summed E-state index contributed by atoms with van der Waals surface area (Å²) in [5.41, 5.74) is 2.40. The van der Waals surface area contributed by atoms with E-state index in [9.17, 15) is 0 Å². The average molecular weight is 260 g/mol. The van der Waals surface area contributed by atoms with Gasteiger partial charge in [0.25, 0.3) is 0 Å². The number of nitrogens with one attached hydrogen (secondary N) is 1. The number of thiazole rings is 1. The fourth-order valence-electron chi connectivity index (χ4n) is 2.23. The van der Waals surface area contributed by atoms with Crippen LogP contribution < -0.4 is 10.1 Å². The van der Waals surface area contributed by atoms with Gasteiger partial charge in [-0.15, -0.1) is 11.3 Å². The van der Waals surface area contributed by atoms with E-state index in [1.165, 1.54) is 10.4 Å². The van der Waals surface area contributed by atoms with E-state index in [0.29, 0.717) is 0 Å². The maximum Gasteiger partial charge on any atom is 0.154 e. The van der Waals surface area contributed by atoms with E-state index < -0.39 is 0 Å². The molecule has 0 saturated carbocycles. The lowest BCUT2D eigenvalue weighted by Gasteiger charge is -2.06. The first kappa shape index (κ1) is 11.7. The Bertz CT molecular complexity index is 540. The van der Waals surface area contributed by atoms with Crippen molar-refractivity contribution in [3.63, 3.8) is 0 Å². The van der Waals surface area contributed by atoms with Crippen molar-refractivity contribution >= 4 is 11.3 Å². The molecular formula is C14H16N2OS. The van der Waals surface area contributed by atoms with Crippen molar-refractivity contribution in [1.82, 2.24) is 10.3 Å². The third-order valence-electron chi connectivity index (χ3n) is 3.17. The first-order chi connectivity index (χ1) is 8.78. The molecule has 0 spiro atoms. The molecular weight excluding hydrogens is 244 g/mol. The average Bonchev–Trinajstić information content (AvgIpc) is 2.94. The predicted octanol–water partition coefficient (Wildman–Crippen LogP) is 2.85. The van der Waals surface area contributed by atoms with Gasteiger partial charge in [-0.3, -0.25) is 0 Å². The summed E-state index contributed by atoms with van der Waals surface area (Å²) in [7, 11) is 1.96. The van der Waals surface area contributed by atoms with Crippen LogP contribution in [0.2, 0.25) is 0 Å². The molecule has 2 heterocycles. The summed E-state index contributed by atoms with van der Waals surface area (Å²) < 4.78 is 5.97. The fourth-order valence-corrected chi connectivity index (χ4v) is 3.34. The summed E-state index contributed by atoms with van der Waals surface area (Å²) >= 11 is 1.75. The second-order valence-electron chi connectivity index (χ2n) is 4.51. The van der Waals surface area contributed by atoms with Gasteiger partial charge in [-0.1, -0.05) is 18.2 Å². The predicted molar refractivity (Wildman–Crippen MR) is 73.1 cm³/mol. The number of benzene rings is 1. The summed E-state index contributed by atoms with van der Waals surface area (Å²) in [5.74, 6) is 1.01. The summed E-state index contributed by atoms with van der Waals surface area (Å²) in [6.45, 7) is 2.94. The number of rotatable bonds is 3. The van der Waals surface area contributed by atoms with Crippen molar-refractivity contribution in [2.24, 2.45) is 0 Å². The van der Waals surface area contributed by atoms with Gasteiger partial charge in [-0.2, -0.15) is 0 Å². The second-order valence-corrected chi connectivity index (χ2v) is 5.62. The maximum absolute atomic E-state index is 5.97. The van der Waals surface area contributed by atoms with E-state index in [0.717, 1.165) is 29.4 Å². The molecule has 1 aromatic carbocycles. The van der Waals surface area contributed by atoms with Gasteiger partial charge < -0.3 is 10.1 Å². The summed E-state index contributed by atoms with van der Waals surface area (Å²) in [5, 5.41) is 4.27. The maximum atomic E-state index is 5.97. The number of fused-ring (bicyclic) bond motifs is 1. The van der Waals surface area contributed by atoms with Crippen LogP contribution in [-0.4, -0.2) is 12.0 Å². The Morgan fingerprint density at radius 3 is 3.06 bits per heavy atom. The van der Waals surface area contributed by atoms with Crippen LogP contribution in [0.3, 0.4) is 0 Å². The minimum Gasteiger partial charge on any atom is -0.483 e. The molecule has 1 aliphatic heterocycles. The number of nitrogens with zero attached hydrogens (tertiary/aromatic N) is 1. The van der Waals surface area contributed by atoms with Crippen molar-refractivity contribution in [2.45, 2.75) is 26.0 Å². The van der Waals surface area contributed by atoms with Crippen LogP contribution in [0, 0.1) is 6.92 Å². The molecule has 3 nitrogen and oxygen atoms in total. The molecule has 1 aliphatic rings. The van der Waals surface area contributed by atoms with Crippen LogP contribution in [0.1, 0.15) is 27.2 Å². The molecule has 0 radical (unpaired) electrons. The SMILES string of the molecule is CNCc1sc(C2Cc3ccccc3O2)nc1C. The third-order valence-corrected chi connectivity index (χ3v) is 4.42. The highest BCUT2D eigenvalue weighted by molar-refractivity contribution is 7.11. The van der Waals surface area contributed by atoms with Gasteiger partial charge in [0.05, 0.1) is 5.69 Å². The van der Waals surface area contributed by atoms with Crippen molar-refractivity contribution in [2.75, 3.05) is 7.05 Å². The molecule has 0 fully saturated rings. The molecule has 18 heavy (non-hydrogen) atoms. The largest absolute Gasteiger partial charge is 0.483 e. The first-order valence-corrected chi connectivity index (χ1v) is 6.95. The normalized spacial score (nSPS) is 17.6. The van der Waals surface area contributed by atoms with Crippen molar-refractivity contribution in [3.05, 3.63) is 45.4 Å². The number of ether oxygens (including phenoxy) is 1. The minimum absolute atomic E-state index is 0.0942. The van der Waals surface area contributed by atoms with Gasteiger partial charge in [0.15, 0.2) is 6.10 Å². The van der Waals surface area contributed by atoms with Gasteiger partial charge in [0.2, 0.25) is 0 Å². The molecule has 0 bridgehead atoms. The molecule has 0 aliphatic carbocycles. The summed E-state index contributed by atoms with van der Waals surface area (Å²) in [4.78, 5) is 5.95. The van der Waals surface area contributed by atoms with E-state index in [1.54, 1.807) is 11.3 Å². The van der Waals surface area contributed by atoms with Crippen molar-refractivity contribution in [1.29, 1.82) is 0 Å². The summed E-state index contributed by atoms with van der Waals surface area (Å²) in [6, 6.07) is 8.24. The van der Waals surface area contributed by atoms with Crippen LogP contribution >= 0.6 is 11.3 Å². The number of aryl methyl sites for hydroxylation is 1. The molecule has 4 heteroatoms.